The molecule has 0 atom stereocenters. The number of ketones is 1. The largest absolute Gasteiger partial charge is 0.378 e. The molecule has 2 aromatic rings. The van der Waals surface area contributed by atoms with Gasteiger partial charge < -0.3 is 4.90 Å². The zero-order valence-electron chi connectivity index (χ0n) is 11.2. The van der Waals surface area contributed by atoms with Crippen LogP contribution in [0.1, 0.15) is 6.92 Å². The highest BCUT2D eigenvalue weighted by Gasteiger charge is 2.07. The number of Topliss-reactive ketones (excluding diaryl/α,β-unsaturated/α-hetero) is 1. The molecule has 0 fully saturated rings. The van der Waals surface area contributed by atoms with Crippen molar-refractivity contribution in [3.63, 3.8) is 0 Å². The first-order valence-corrected chi connectivity index (χ1v) is 6.87. The Bertz CT molecular complexity index is 562. The molecule has 2 rings (SSSR count). The third-order valence-electron chi connectivity index (χ3n) is 2.53. The summed E-state index contributed by atoms with van der Waals surface area (Å²) in [4.78, 5) is 17.3. The molecule has 100 valence electrons. The standard InChI is InChI=1S/C13H16N4OS/c1-9(18)8-19-13-14-12(15-16-13)10-4-6-11(7-5-10)17(2)3/h4-7H,8H2,1-3H3,(H,14,15,16). The van der Waals surface area contributed by atoms with Gasteiger partial charge in [-0.05, 0) is 31.2 Å². The maximum absolute atomic E-state index is 10.9. The van der Waals surface area contributed by atoms with Crippen LogP contribution in [0.5, 0.6) is 0 Å². The predicted molar refractivity (Wildman–Crippen MR) is 77.6 cm³/mol. The van der Waals surface area contributed by atoms with Gasteiger partial charge in [0.2, 0.25) is 5.16 Å². The van der Waals surface area contributed by atoms with Gasteiger partial charge in [-0.15, -0.1) is 5.10 Å². The number of hydrogen-bond acceptors (Lipinski definition) is 5. The molecule has 0 spiro atoms. The molecule has 0 aliphatic rings. The number of benzene rings is 1. The molecular formula is C13H16N4OS. The van der Waals surface area contributed by atoms with Gasteiger partial charge in [-0.25, -0.2) is 4.98 Å². The summed E-state index contributed by atoms with van der Waals surface area (Å²) in [6.45, 7) is 1.56. The summed E-state index contributed by atoms with van der Waals surface area (Å²) in [5.41, 5.74) is 2.11. The van der Waals surface area contributed by atoms with E-state index in [0.29, 0.717) is 10.9 Å². The van der Waals surface area contributed by atoms with E-state index in [-0.39, 0.29) is 5.78 Å². The van der Waals surface area contributed by atoms with Gasteiger partial charge in [0, 0.05) is 25.3 Å². The third-order valence-corrected chi connectivity index (χ3v) is 3.52. The van der Waals surface area contributed by atoms with Crippen LogP contribution >= 0.6 is 11.8 Å². The Morgan fingerprint density at radius 3 is 2.58 bits per heavy atom. The minimum atomic E-state index is 0.117. The Balaban J connectivity index is 2.11. The molecule has 0 saturated heterocycles. The topological polar surface area (TPSA) is 61.9 Å². The Morgan fingerprint density at radius 1 is 1.32 bits per heavy atom. The average Bonchev–Trinajstić information content (AvgIpc) is 2.85. The molecule has 0 amide bonds. The summed E-state index contributed by atoms with van der Waals surface area (Å²) in [6.07, 6.45) is 0. The lowest BCUT2D eigenvalue weighted by atomic mass is 10.2. The van der Waals surface area contributed by atoms with Gasteiger partial charge in [0.1, 0.15) is 5.78 Å². The first-order valence-electron chi connectivity index (χ1n) is 5.88. The van der Waals surface area contributed by atoms with Crippen molar-refractivity contribution in [1.82, 2.24) is 15.2 Å². The van der Waals surface area contributed by atoms with E-state index in [2.05, 4.69) is 15.2 Å². The van der Waals surface area contributed by atoms with E-state index in [0.717, 1.165) is 17.1 Å². The van der Waals surface area contributed by atoms with Crippen molar-refractivity contribution < 1.29 is 4.79 Å². The first kappa shape index (κ1) is 13.6. The molecule has 5 nitrogen and oxygen atoms in total. The summed E-state index contributed by atoms with van der Waals surface area (Å²) in [5, 5.41) is 7.57. The molecule has 0 radical (unpaired) electrons. The monoisotopic (exact) mass is 276 g/mol. The molecular weight excluding hydrogens is 260 g/mol. The number of hydrogen-bond donors (Lipinski definition) is 1. The number of carbonyl (C=O) groups excluding carboxylic acids is 1. The number of H-pyrrole nitrogens is 1. The van der Waals surface area contributed by atoms with E-state index in [4.69, 9.17) is 0 Å². The number of nitrogens with one attached hydrogen (secondary N) is 1. The minimum Gasteiger partial charge on any atom is -0.378 e. The molecule has 0 aliphatic heterocycles. The van der Waals surface area contributed by atoms with Crippen molar-refractivity contribution in [1.29, 1.82) is 0 Å². The van der Waals surface area contributed by atoms with Crippen molar-refractivity contribution in [2.45, 2.75) is 12.1 Å². The molecule has 6 heteroatoms. The molecule has 1 heterocycles. The van der Waals surface area contributed by atoms with E-state index in [1.807, 2.05) is 43.3 Å². The zero-order chi connectivity index (χ0) is 13.8. The molecule has 0 aliphatic carbocycles. The predicted octanol–water partition coefficient (Wildman–Crippen LogP) is 2.22. The van der Waals surface area contributed by atoms with Crippen LogP contribution in [0.4, 0.5) is 5.69 Å². The lowest BCUT2D eigenvalue weighted by Crippen LogP contribution is -2.07. The smallest absolute Gasteiger partial charge is 0.209 e. The SMILES string of the molecule is CC(=O)CSc1n[nH]c(-c2ccc(N(C)C)cc2)n1. The Kier molecular flexibility index (Phi) is 4.21. The van der Waals surface area contributed by atoms with Crippen LogP contribution < -0.4 is 4.90 Å². The first-order chi connectivity index (χ1) is 9.06. The number of rotatable bonds is 5. The minimum absolute atomic E-state index is 0.117. The highest BCUT2D eigenvalue weighted by Crippen LogP contribution is 2.21. The van der Waals surface area contributed by atoms with Gasteiger partial charge in [-0.3, -0.25) is 9.89 Å². The van der Waals surface area contributed by atoms with Gasteiger partial charge >= 0.3 is 0 Å². The zero-order valence-corrected chi connectivity index (χ0v) is 12.0. The van der Waals surface area contributed by atoms with Crippen molar-refractivity contribution in [3.05, 3.63) is 24.3 Å². The fraction of sp³-hybridized carbons (Fsp3) is 0.308. The van der Waals surface area contributed by atoms with Crippen molar-refractivity contribution in [3.8, 4) is 11.4 Å². The van der Waals surface area contributed by atoms with Crippen LogP contribution in [0.15, 0.2) is 29.4 Å². The summed E-state index contributed by atoms with van der Waals surface area (Å²) in [5.74, 6) is 1.24. The number of anilines is 1. The number of nitrogens with zero attached hydrogens (tertiary/aromatic N) is 3. The van der Waals surface area contributed by atoms with Crippen molar-refractivity contribution in [2.24, 2.45) is 0 Å². The van der Waals surface area contributed by atoms with E-state index in [9.17, 15) is 4.79 Å². The van der Waals surface area contributed by atoms with Crippen molar-refractivity contribution >= 4 is 23.2 Å². The Hall–Kier alpha value is -1.82. The van der Waals surface area contributed by atoms with Crippen LogP contribution in [0.3, 0.4) is 0 Å². The van der Waals surface area contributed by atoms with Crippen molar-refractivity contribution in [2.75, 3.05) is 24.7 Å². The van der Waals surface area contributed by atoms with Crippen LogP contribution in [0.2, 0.25) is 0 Å². The fourth-order valence-corrected chi connectivity index (χ4v) is 2.12. The molecule has 0 unspecified atom stereocenters. The van der Waals surface area contributed by atoms with Gasteiger partial charge in [-0.2, -0.15) is 0 Å². The number of carbonyl (C=O) groups is 1. The Morgan fingerprint density at radius 2 is 2.00 bits per heavy atom. The molecule has 1 aromatic carbocycles. The van der Waals surface area contributed by atoms with E-state index < -0.39 is 0 Å². The summed E-state index contributed by atoms with van der Waals surface area (Å²) < 4.78 is 0. The molecule has 0 saturated carbocycles. The number of aromatic nitrogens is 3. The van der Waals surface area contributed by atoms with E-state index in [1.165, 1.54) is 11.8 Å². The van der Waals surface area contributed by atoms with Gasteiger partial charge in [0.15, 0.2) is 5.82 Å². The molecule has 1 N–H and O–H groups in total. The fourth-order valence-electron chi connectivity index (χ4n) is 1.52. The summed E-state index contributed by atoms with van der Waals surface area (Å²) >= 11 is 1.34. The normalized spacial score (nSPS) is 10.5. The van der Waals surface area contributed by atoms with Crippen LogP contribution in [0, 0.1) is 0 Å². The van der Waals surface area contributed by atoms with E-state index >= 15 is 0 Å². The molecule has 19 heavy (non-hydrogen) atoms. The lowest BCUT2D eigenvalue weighted by molar-refractivity contribution is -0.114. The quantitative estimate of drug-likeness (QED) is 0.848. The highest BCUT2D eigenvalue weighted by atomic mass is 32.2. The number of aromatic amines is 1. The second-order valence-corrected chi connectivity index (χ2v) is 5.34. The van der Waals surface area contributed by atoms with Gasteiger partial charge in [-0.1, -0.05) is 11.8 Å². The Labute approximate surface area is 116 Å². The second kappa shape index (κ2) is 5.88. The average molecular weight is 276 g/mol. The van der Waals surface area contributed by atoms with Crippen LogP contribution in [-0.4, -0.2) is 40.8 Å². The maximum atomic E-state index is 10.9. The summed E-state index contributed by atoms with van der Waals surface area (Å²) in [6, 6.07) is 8.05. The third kappa shape index (κ3) is 3.57. The maximum Gasteiger partial charge on any atom is 0.209 e. The van der Waals surface area contributed by atoms with E-state index in [1.54, 1.807) is 6.92 Å². The van der Waals surface area contributed by atoms with Gasteiger partial charge in [0.25, 0.3) is 0 Å². The molecule has 0 bridgehead atoms. The lowest BCUT2D eigenvalue weighted by Gasteiger charge is -2.11. The van der Waals surface area contributed by atoms with Crippen LogP contribution in [0.25, 0.3) is 11.4 Å². The second-order valence-electron chi connectivity index (χ2n) is 4.40. The molecule has 1 aromatic heterocycles. The van der Waals surface area contributed by atoms with Gasteiger partial charge in [0.05, 0.1) is 5.75 Å². The van der Waals surface area contributed by atoms with Crippen LogP contribution in [-0.2, 0) is 4.79 Å². The highest BCUT2D eigenvalue weighted by molar-refractivity contribution is 7.99. The summed E-state index contributed by atoms with van der Waals surface area (Å²) in [7, 11) is 4.00. The number of thioether (sulfide) groups is 1.